The summed E-state index contributed by atoms with van der Waals surface area (Å²) in [6.07, 6.45) is 4.38. The molecular formula is C8H15NO. The van der Waals surface area contributed by atoms with Gasteiger partial charge in [-0.15, -0.1) is 0 Å². The van der Waals surface area contributed by atoms with Gasteiger partial charge >= 0.3 is 0 Å². The lowest BCUT2D eigenvalue weighted by atomic mass is 9.91. The van der Waals surface area contributed by atoms with Crippen molar-refractivity contribution in [2.45, 2.75) is 50.3 Å². The van der Waals surface area contributed by atoms with E-state index in [2.05, 4.69) is 12.2 Å². The first-order valence-corrected chi connectivity index (χ1v) is 4.14. The van der Waals surface area contributed by atoms with Gasteiger partial charge in [-0.25, -0.2) is 0 Å². The summed E-state index contributed by atoms with van der Waals surface area (Å²) < 4.78 is 0. The summed E-state index contributed by atoms with van der Waals surface area (Å²) in [5, 5.41) is 13.0. The first kappa shape index (κ1) is 6.62. The van der Waals surface area contributed by atoms with Crippen LogP contribution in [0.15, 0.2) is 0 Å². The molecule has 0 saturated carbocycles. The topological polar surface area (TPSA) is 32.3 Å². The minimum atomic E-state index is -0.0428. The number of fused-ring (bicyclic) bond motifs is 2. The number of aliphatic hydroxyl groups is 1. The van der Waals surface area contributed by atoms with Crippen LogP contribution in [0.25, 0.3) is 0 Å². The van der Waals surface area contributed by atoms with Crippen molar-refractivity contribution < 1.29 is 5.11 Å². The molecule has 0 spiro atoms. The molecule has 0 aliphatic carbocycles. The van der Waals surface area contributed by atoms with E-state index in [9.17, 15) is 5.11 Å². The number of rotatable bonds is 0. The number of nitrogens with one attached hydrogen (secondary N) is 1. The Bertz CT molecular complexity index is 148. The van der Waals surface area contributed by atoms with Gasteiger partial charge < -0.3 is 10.4 Å². The van der Waals surface area contributed by atoms with Crippen molar-refractivity contribution in [2.75, 3.05) is 0 Å². The van der Waals surface area contributed by atoms with E-state index in [1.807, 2.05) is 0 Å². The molecule has 2 heterocycles. The maximum atomic E-state index is 9.42. The Kier molecular flexibility index (Phi) is 1.29. The lowest BCUT2D eigenvalue weighted by Crippen LogP contribution is -2.48. The Labute approximate surface area is 61.6 Å². The predicted molar refractivity (Wildman–Crippen MR) is 39.8 cm³/mol. The van der Waals surface area contributed by atoms with Crippen LogP contribution in [0.2, 0.25) is 0 Å². The second-order valence-corrected chi connectivity index (χ2v) is 4.03. The van der Waals surface area contributed by atoms with Gasteiger partial charge in [-0.2, -0.15) is 0 Å². The van der Waals surface area contributed by atoms with Crippen molar-refractivity contribution >= 4 is 0 Å². The van der Waals surface area contributed by atoms with Crippen LogP contribution in [-0.4, -0.2) is 22.8 Å². The number of piperidine rings is 1. The first-order valence-electron chi connectivity index (χ1n) is 4.14. The van der Waals surface area contributed by atoms with Crippen LogP contribution in [0, 0.1) is 0 Å². The molecule has 0 amide bonds. The summed E-state index contributed by atoms with van der Waals surface area (Å²) in [6, 6.07) is 0.605. The van der Waals surface area contributed by atoms with Crippen LogP contribution < -0.4 is 5.32 Å². The molecule has 58 valence electrons. The average molecular weight is 141 g/mol. The van der Waals surface area contributed by atoms with E-state index in [0.29, 0.717) is 6.04 Å². The molecule has 3 unspecified atom stereocenters. The van der Waals surface area contributed by atoms with Gasteiger partial charge in [0.2, 0.25) is 0 Å². The molecule has 2 heteroatoms. The Morgan fingerprint density at radius 1 is 1.60 bits per heavy atom. The van der Waals surface area contributed by atoms with Gasteiger partial charge in [0.05, 0.1) is 6.10 Å². The summed E-state index contributed by atoms with van der Waals surface area (Å²) in [5.74, 6) is 0. The highest BCUT2D eigenvalue weighted by Crippen LogP contribution is 2.34. The smallest absolute Gasteiger partial charge is 0.0572 e. The molecule has 0 aromatic carbocycles. The van der Waals surface area contributed by atoms with Crippen LogP contribution in [0.1, 0.15) is 32.6 Å². The predicted octanol–water partition coefficient (Wildman–Crippen LogP) is 0.652. The summed E-state index contributed by atoms with van der Waals surface area (Å²) in [5.41, 5.74) is 0.266. The molecule has 0 radical (unpaired) electrons. The van der Waals surface area contributed by atoms with Gasteiger partial charge in [-0.1, -0.05) is 0 Å². The second-order valence-electron chi connectivity index (χ2n) is 4.03. The Morgan fingerprint density at radius 2 is 2.40 bits per heavy atom. The fourth-order valence-electron chi connectivity index (χ4n) is 2.40. The van der Waals surface area contributed by atoms with Crippen LogP contribution in [0.3, 0.4) is 0 Å². The molecule has 2 fully saturated rings. The minimum Gasteiger partial charge on any atom is -0.393 e. The third kappa shape index (κ3) is 0.956. The number of hydrogen-bond acceptors (Lipinski definition) is 2. The van der Waals surface area contributed by atoms with Gasteiger partial charge in [0.1, 0.15) is 0 Å². The zero-order valence-electron chi connectivity index (χ0n) is 6.43. The van der Waals surface area contributed by atoms with Gasteiger partial charge in [0.15, 0.2) is 0 Å². The molecule has 0 aromatic heterocycles. The van der Waals surface area contributed by atoms with E-state index < -0.39 is 0 Å². The number of aliphatic hydroxyl groups excluding tert-OH is 1. The number of hydrogen-bond donors (Lipinski definition) is 2. The van der Waals surface area contributed by atoms with Crippen molar-refractivity contribution in [3.8, 4) is 0 Å². The van der Waals surface area contributed by atoms with Crippen LogP contribution in [-0.2, 0) is 0 Å². The van der Waals surface area contributed by atoms with Crippen LogP contribution >= 0.6 is 0 Å². The van der Waals surface area contributed by atoms with E-state index in [-0.39, 0.29) is 11.6 Å². The molecule has 2 saturated heterocycles. The third-order valence-corrected chi connectivity index (χ3v) is 2.84. The van der Waals surface area contributed by atoms with E-state index in [4.69, 9.17) is 0 Å². The van der Waals surface area contributed by atoms with Crippen LogP contribution in [0.5, 0.6) is 0 Å². The highest BCUT2D eigenvalue weighted by molar-refractivity contribution is 5.00. The van der Waals surface area contributed by atoms with Crippen molar-refractivity contribution in [1.29, 1.82) is 0 Å². The summed E-state index contributed by atoms with van der Waals surface area (Å²) >= 11 is 0. The molecule has 2 nitrogen and oxygen atoms in total. The Morgan fingerprint density at radius 3 is 3.10 bits per heavy atom. The molecular weight excluding hydrogens is 126 g/mol. The normalized spacial score (nSPS) is 53.4. The minimum absolute atomic E-state index is 0.0428. The largest absolute Gasteiger partial charge is 0.393 e. The quantitative estimate of drug-likeness (QED) is 0.519. The molecule has 3 atom stereocenters. The fraction of sp³-hybridized carbons (Fsp3) is 1.00. The summed E-state index contributed by atoms with van der Waals surface area (Å²) in [7, 11) is 0. The lowest BCUT2D eigenvalue weighted by Gasteiger charge is -2.33. The first-order chi connectivity index (χ1) is 4.68. The van der Waals surface area contributed by atoms with Crippen molar-refractivity contribution in [2.24, 2.45) is 0 Å². The van der Waals surface area contributed by atoms with E-state index in [0.717, 1.165) is 12.8 Å². The highest BCUT2D eigenvalue weighted by atomic mass is 16.3. The maximum absolute atomic E-state index is 9.42. The lowest BCUT2D eigenvalue weighted by molar-refractivity contribution is 0.0874. The van der Waals surface area contributed by atoms with Crippen LogP contribution in [0.4, 0.5) is 0 Å². The molecule has 2 rings (SSSR count). The molecule has 10 heavy (non-hydrogen) atoms. The molecule has 2 N–H and O–H groups in total. The Balaban J connectivity index is 2.13. The SMILES string of the molecule is CC12CCC(CC(O)C1)N2. The van der Waals surface area contributed by atoms with Gasteiger partial charge in [0.25, 0.3) is 0 Å². The van der Waals surface area contributed by atoms with Crippen molar-refractivity contribution in [3.05, 3.63) is 0 Å². The maximum Gasteiger partial charge on any atom is 0.0572 e. The van der Waals surface area contributed by atoms with Gasteiger partial charge in [0, 0.05) is 11.6 Å². The van der Waals surface area contributed by atoms with E-state index >= 15 is 0 Å². The summed E-state index contributed by atoms with van der Waals surface area (Å²) in [4.78, 5) is 0. The second kappa shape index (κ2) is 1.95. The zero-order valence-corrected chi connectivity index (χ0v) is 6.43. The van der Waals surface area contributed by atoms with Crippen molar-refractivity contribution in [3.63, 3.8) is 0 Å². The monoisotopic (exact) mass is 141 g/mol. The van der Waals surface area contributed by atoms with Gasteiger partial charge in [-0.05, 0) is 32.6 Å². The fourth-order valence-corrected chi connectivity index (χ4v) is 2.40. The third-order valence-electron chi connectivity index (χ3n) is 2.84. The Hall–Kier alpha value is -0.0800. The highest BCUT2D eigenvalue weighted by Gasteiger charge is 2.40. The van der Waals surface area contributed by atoms with E-state index in [1.54, 1.807) is 0 Å². The van der Waals surface area contributed by atoms with E-state index in [1.165, 1.54) is 12.8 Å². The van der Waals surface area contributed by atoms with Gasteiger partial charge in [-0.3, -0.25) is 0 Å². The molecule has 2 bridgehead atoms. The van der Waals surface area contributed by atoms with Crippen molar-refractivity contribution in [1.82, 2.24) is 5.32 Å². The summed E-state index contributed by atoms with van der Waals surface area (Å²) in [6.45, 7) is 2.22. The molecule has 0 aromatic rings. The zero-order chi connectivity index (χ0) is 7.19. The molecule has 2 aliphatic rings. The molecule has 2 aliphatic heterocycles. The standard InChI is InChI=1S/C8H15NO/c1-8-3-2-6(9-8)4-7(10)5-8/h6-7,9-10H,2-5H2,1H3. The average Bonchev–Trinajstić information content (AvgIpc) is 2.06.